The summed E-state index contributed by atoms with van der Waals surface area (Å²) in [6.07, 6.45) is 1.03. The number of carbonyl (C=O) groups is 1. The molecule has 0 saturated carbocycles. The van der Waals surface area contributed by atoms with Crippen molar-refractivity contribution in [2.24, 2.45) is 0 Å². The molecule has 0 atom stereocenters. The fraction of sp³-hybridized carbons (Fsp3) is 0.462. The predicted molar refractivity (Wildman–Crippen MR) is 62.1 cm³/mol. The van der Waals surface area contributed by atoms with Gasteiger partial charge in [0.25, 0.3) is 0 Å². The summed E-state index contributed by atoms with van der Waals surface area (Å²) in [5.74, 6) is -0.312. The maximum atomic E-state index is 11.0. The van der Waals surface area contributed by atoms with E-state index < -0.39 is 0 Å². The van der Waals surface area contributed by atoms with Crippen LogP contribution in [0.1, 0.15) is 25.0 Å². The van der Waals surface area contributed by atoms with Gasteiger partial charge in [0, 0.05) is 0 Å². The molecular weight excluding hydrogens is 204 g/mol. The maximum absolute atomic E-state index is 11.0. The minimum absolute atomic E-state index is 0.0172. The van der Waals surface area contributed by atoms with Crippen LogP contribution in [0, 0.1) is 0 Å². The molecule has 0 aliphatic carbocycles. The standard InChI is InChI=1S/C13H18O3/c1-3-11-5-7-12(8-6-11)9-15-10-13(14)16-4-2/h5-8H,3-4,9-10H2,1-2H3. The Labute approximate surface area is 96.4 Å². The number of hydrogen-bond donors (Lipinski definition) is 0. The van der Waals surface area contributed by atoms with E-state index in [1.54, 1.807) is 6.92 Å². The SMILES string of the molecule is CCOC(=O)COCc1ccc(CC)cc1. The molecule has 0 fully saturated rings. The van der Waals surface area contributed by atoms with Gasteiger partial charge in [0.1, 0.15) is 6.61 Å². The summed E-state index contributed by atoms with van der Waals surface area (Å²) in [5, 5.41) is 0. The Hall–Kier alpha value is -1.35. The molecule has 1 aromatic rings. The fourth-order valence-corrected chi connectivity index (χ4v) is 1.33. The second-order valence-corrected chi connectivity index (χ2v) is 3.47. The van der Waals surface area contributed by atoms with Gasteiger partial charge >= 0.3 is 5.97 Å². The van der Waals surface area contributed by atoms with Crippen LogP contribution in [0.5, 0.6) is 0 Å². The van der Waals surface area contributed by atoms with Crippen LogP contribution >= 0.6 is 0 Å². The molecule has 0 amide bonds. The Balaban J connectivity index is 2.29. The van der Waals surface area contributed by atoms with Gasteiger partial charge in [-0.1, -0.05) is 31.2 Å². The molecule has 0 bridgehead atoms. The highest BCUT2D eigenvalue weighted by molar-refractivity contribution is 5.70. The van der Waals surface area contributed by atoms with Gasteiger partial charge in [-0.25, -0.2) is 4.79 Å². The summed E-state index contributed by atoms with van der Waals surface area (Å²) >= 11 is 0. The van der Waals surface area contributed by atoms with Gasteiger partial charge in [-0.15, -0.1) is 0 Å². The van der Waals surface area contributed by atoms with Crippen molar-refractivity contribution in [1.82, 2.24) is 0 Å². The topological polar surface area (TPSA) is 35.5 Å². The molecule has 0 aliphatic heterocycles. The van der Waals surface area contributed by atoms with E-state index in [4.69, 9.17) is 9.47 Å². The fourth-order valence-electron chi connectivity index (χ4n) is 1.33. The molecule has 0 spiro atoms. The highest BCUT2D eigenvalue weighted by atomic mass is 16.6. The van der Waals surface area contributed by atoms with Crippen LogP contribution in [-0.4, -0.2) is 19.2 Å². The van der Waals surface area contributed by atoms with Crippen molar-refractivity contribution < 1.29 is 14.3 Å². The van der Waals surface area contributed by atoms with Crippen LogP contribution < -0.4 is 0 Å². The second kappa shape index (κ2) is 7.01. The zero-order chi connectivity index (χ0) is 11.8. The van der Waals surface area contributed by atoms with E-state index in [1.807, 2.05) is 12.1 Å². The van der Waals surface area contributed by atoms with Crippen LogP contribution in [0.15, 0.2) is 24.3 Å². The third kappa shape index (κ3) is 4.45. The number of hydrogen-bond acceptors (Lipinski definition) is 3. The number of aryl methyl sites for hydroxylation is 1. The largest absolute Gasteiger partial charge is 0.464 e. The van der Waals surface area contributed by atoms with Crippen molar-refractivity contribution in [3.63, 3.8) is 0 Å². The molecule has 3 heteroatoms. The third-order valence-electron chi connectivity index (χ3n) is 2.23. The third-order valence-corrected chi connectivity index (χ3v) is 2.23. The highest BCUT2D eigenvalue weighted by Crippen LogP contribution is 2.06. The Morgan fingerprint density at radius 3 is 2.31 bits per heavy atom. The van der Waals surface area contributed by atoms with Gasteiger partial charge < -0.3 is 9.47 Å². The summed E-state index contributed by atoms with van der Waals surface area (Å²) in [5.41, 5.74) is 2.37. The van der Waals surface area contributed by atoms with Crippen molar-refractivity contribution in [2.45, 2.75) is 26.9 Å². The van der Waals surface area contributed by atoms with Crippen molar-refractivity contribution in [3.05, 3.63) is 35.4 Å². The number of benzene rings is 1. The van der Waals surface area contributed by atoms with Crippen LogP contribution in [-0.2, 0) is 27.3 Å². The summed E-state index contributed by atoms with van der Waals surface area (Å²) in [6.45, 7) is 4.76. The van der Waals surface area contributed by atoms with Crippen LogP contribution in [0.25, 0.3) is 0 Å². The van der Waals surface area contributed by atoms with Gasteiger partial charge in [0.2, 0.25) is 0 Å². The van der Waals surface area contributed by atoms with Gasteiger partial charge in [-0.2, -0.15) is 0 Å². The lowest BCUT2D eigenvalue weighted by atomic mass is 10.1. The summed E-state index contributed by atoms with van der Waals surface area (Å²) in [6, 6.07) is 8.18. The minimum Gasteiger partial charge on any atom is -0.464 e. The van der Waals surface area contributed by atoms with Gasteiger partial charge in [0.15, 0.2) is 0 Å². The molecular formula is C13H18O3. The van der Waals surface area contributed by atoms with E-state index in [0.29, 0.717) is 13.2 Å². The van der Waals surface area contributed by atoms with E-state index in [-0.39, 0.29) is 12.6 Å². The summed E-state index contributed by atoms with van der Waals surface area (Å²) in [7, 11) is 0. The molecule has 0 aromatic heterocycles. The van der Waals surface area contributed by atoms with E-state index in [1.165, 1.54) is 5.56 Å². The molecule has 3 nitrogen and oxygen atoms in total. The van der Waals surface area contributed by atoms with E-state index in [9.17, 15) is 4.79 Å². The average molecular weight is 222 g/mol. The zero-order valence-corrected chi connectivity index (χ0v) is 9.86. The van der Waals surface area contributed by atoms with Crippen molar-refractivity contribution in [2.75, 3.05) is 13.2 Å². The van der Waals surface area contributed by atoms with Crippen LogP contribution in [0.4, 0.5) is 0 Å². The molecule has 0 aliphatic rings. The summed E-state index contributed by atoms with van der Waals surface area (Å²) in [4.78, 5) is 11.0. The van der Waals surface area contributed by atoms with Crippen LogP contribution in [0.2, 0.25) is 0 Å². The maximum Gasteiger partial charge on any atom is 0.332 e. The predicted octanol–water partition coefficient (Wildman–Crippen LogP) is 2.33. The molecule has 0 radical (unpaired) electrons. The molecule has 1 aromatic carbocycles. The molecule has 0 N–H and O–H groups in total. The number of esters is 1. The van der Waals surface area contributed by atoms with Gasteiger partial charge in [-0.3, -0.25) is 0 Å². The Bertz CT molecular complexity index is 316. The van der Waals surface area contributed by atoms with E-state index in [0.717, 1.165) is 12.0 Å². The lowest BCUT2D eigenvalue weighted by Gasteiger charge is -2.05. The van der Waals surface area contributed by atoms with Crippen molar-refractivity contribution in [3.8, 4) is 0 Å². The van der Waals surface area contributed by atoms with Gasteiger partial charge in [-0.05, 0) is 24.5 Å². The van der Waals surface area contributed by atoms with Crippen molar-refractivity contribution >= 4 is 5.97 Å². The highest BCUT2D eigenvalue weighted by Gasteiger charge is 2.01. The van der Waals surface area contributed by atoms with Crippen LogP contribution in [0.3, 0.4) is 0 Å². The summed E-state index contributed by atoms with van der Waals surface area (Å²) < 4.78 is 9.99. The Morgan fingerprint density at radius 1 is 1.12 bits per heavy atom. The first-order valence-corrected chi connectivity index (χ1v) is 5.57. The molecule has 0 saturated heterocycles. The van der Waals surface area contributed by atoms with E-state index in [2.05, 4.69) is 19.1 Å². The monoisotopic (exact) mass is 222 g/mol. The average Bonchev–Trinajstić information content (AvgIpc) is 2.30. The first kappa shape index (κ1) is 12.7. The molecule has 88 valence electrons. The molecule has 16 heavy (non-hydrogen) atoms. The Morgan fingerprint density at radius 2 is 1.75 bits per heavy atom. The molecule has 0 heterocycles. The van der Waals surface area contributed by atoms with Gasteiger partial charge in [0.05, 0.1) is 13.2 Å². The normalized spacial score (nSPS) is 10.1. The Kier molecular flexibility index (Phi) is 5.57. The lowest BCUT2D eigenvalue weighted by molar-refractivity contribution is -0.148. The first-order valence-electron chi connectivity index (χ1n) is 5.57. The first-order chi connectivity index (χ1) is 7.76. The molecule has 1 rings (SSSR count). The zero-order valence-electron chi connectivity index (χ0n) is 9.86. The smallest absolute Gasteiger partial charge is 0.332 e. The lowest BCUT2D eigenvalue weighted by Crippen LogP contribution is -2.12. The number of rotatable bonds is 6. The number of ether oxygens (including phenoxy) is 2. The molecule has 0 unspecified atom stereocenters. The van der Waals surface area contributed by atoms with E-state index >= 15 is 0 Å². The number of carbonyl (C=O) groups excluding carboxylic acids is 1. The second-order valence-electron chi connectivity index (χ2n) is 3.47. The minimum atomic E-state index is -0.312. The van der Waals surface area contributed by atoms with Crippen molar-refractivity contribution in [1.29, 1.82) is 0 Å². The quantitative estimate of drug-likeness (QED) is 0.693.